The topological polar surface area (TPSA) is 87.2 Å². The highest BCUT2D eigenvalue weighted by Gasteiger charge is 2.14. The van der Waals surface area contributed by atoms with Crippen LogP contribution in [0.15, 0.2) is 36.4 Å². The Morgan fingerprint density at radius 2 is 1.19 bits per heavy atom. The highest BCUT2D eigenvalue weighted by atomic mass is 35.5. The van der Waals surface area contributed by atoms with E-state index in [1.165, 1.54) is 33.6 Å². The number of hydrogen-bond acceptors (Lipinski definition) is 7. The second-order valence-corrected chi connectivity index (χ2v) is 8.42. The fourth-order valence-corrected chi connectivity index (χ4v) is 4.01. The first-order valence-corrected chi connectivity index (χ1v) is 11.0. The van der Waals surface area contributed by atoms with Gasteiger partial charge in [-0.25, -0.2) is 8.78 Å². The summed E-state index contributed by atoms with van der Waals surface area (Å²) in [7, 11) is 0. The minimum absolute atomic E-state index is 0.235. The highest BCUT2D eigenvalue weighted by molar-refractivity contribution is 7.99. The zero-order valence-electron chi connectivity index (χ0n) is 15.8. The zero-order valence-corrected chi connectivity index (χ0v) is 18.1. The van der Waals surface area contributed by atoms with Crippen LogP contribution in [0.4, 0.5) is 8.78 Å². The minimum atomic E-state index is -0.505. The van der Waals surface area contributed by atoms with Gasteiger partial charge in [0.15, 0.2) is 11.6 Å². The standard InChI is InChI=1S/C18H14Cl2F2N8S/c19-11-1-3-15(13(21)9-11)29-17(23-25-27-29)5-7-31-8-6-18-24-26-28-30(18)16-4-2-12(20)10-14(16)22/h1-4,9-10H,5-8H2. The molecule has 0 unspecified atom stereocenters. The van der Waals surface area contributed by atoms with Gasteiger partial charge in [0, 0.05) is 34.4 Å². The van der Waals surface area contributed by atoms with Crippen molar-refractivity contribution in [3.8, 4) is 11.4 Å². The van der Waals surface area contributed by atoms with E-state index in [1.807, 2.05) is 0 Å². The van der Waals surface area contributed by atoms with E-state index in [2.05, 4.69) is 31.1 Å². The fraction of sp³-hybridized carbons (Fsp3) is 0.222. The monoisotopic (exact) mass is 482 g/mol. The predicted octanol–water partition coefficient (Wildman–Crippen LogP) is 3.74. The van der Waals surface area contributed by atoms with Gasteiger partial charge in [0.1, 0.15) is 23.0 Å². The molecule has 0 aliphatic carbocycles. The molecule has 0 atom stereocenters. The molecule has 0 bridgehead atoms. The van der Waals surface area contributed by atoms with Crippen LogP contribution in [0.5, 0.6) is 0 Å². The van der Waals surface area contributed by atoms with E-state index >= 15 is 0 Å². The number of aromatic nitrogens is 8. The second-order valence-electron chi connectivity index (χ2n) is 6.32. The molecular weight excluding hydrogens is 469 g/mol. The molecule has 0 fully saturated rings. The Balaban J connectivity index is 1.34. The van der Waals surface area contributed by atoms with Gasteiger partial charge in [-0.05, 0) is 57.3 Å². The van der Waals surface area contributed by atoms with E-state index in [0.717, 1.165) is 0 Å². The van der Waals surface area contributed by atoms with E-state index < -0.39 is 11.6 Å². The van der Waals surface area contributed by atoms with Gasteiger partial charge in [-0.2, -0.15) is 21.1 Å². The predicted molar refractivity (Wildman–Crippen MR) is 113 cm³/mol. The van der Waals surface area contributed by atoms with Crippen LogP contribution in [0.3, 0.4) is 0 Å². The van der Waals surface area contributed by atoms with Crippen LogP contribution < -0.4 is 0 Å². The first-order chi connectivity index (χ1) is 15.0. The van der Waals surface area contributed by atoms with Crippen molar-refractivity contribution in [2.75, 3.05) is 11.5 Å². The lowest BCUT2D eigenvalue weighted by Gasteiger charge is -2.07. The van der Waals surface area contributed by atoms with Gasteiger partial charge in [0.05, 0.1) is 0 Å². The molecule has 4 rings (SSSR count). The third kappa shape index (κ3) is 5.00. The van der Waals surface area contributed by atoms with Crippen LogP contribution in [-0.4, -0.2) is 51.9 Å². The van der Waals surface area contributed by atoms with Crippen molar-refractivity contribution in [1.29, 1.82) is 0 Å². The van der Waals surface area contributed by atoms with Crippen LogP contribution in [-0.2, 0) is 12.8 Å². The third-order valence-electron chi connectivity index (χ3n) is 4.28. The number of nitrogens with zero attached hydrogens (tertiary/aromatic N) is 8. The van der Waals surface area contributed by atoms with Crippen molar-refractivity contribution in [2.45, 2.75) is 12.8 Å². The number of halogens is 4. The first-order valence-electron chi connectivity index (χ1n) is 9.06. The molecule has 0 saturated heterocycles. The second kappa shape index (κ2) is 9.67. The molecule has 4 aromatic rings. The molecular formula is C18H14Cl2F2N8S. The Labute approximate surface area is 189 Å². The molecule has 0 N–H and O–H groups in total. The van der Waals surface area contributed by atoms with Gasteiger partial charge in [-0.15, -0.1) is 10.2 Å². The number of hydrogen-bond donors (Lipinski definition) is 0. The summed E-state index contributed by atoms with van der Waals surface area (Å²) in [5.41, 5.74) is 0.470. The van der Waals surface area contributed by atoms with E-state index in [9.17, 15) is 8.78 Å². The Morgan fingerprint density at radius 3 is 1.61 bits per heavy atom. The quantitative estimate of drug-likeness (QED) is 0.353. The van der Waals surface area contributed by atoms with Crippen molar-refractivity contribution in [3.05, 3.63) is 69.7 Å². The van der Waals surface area contributed by atoms with Crippen LogP contribution in [0.1, 0.15) is 11.6 Å². The average Bonchev–Trinajstić information content (AvgIpc) is 3.37. The molecule has 8 nitrogen and oxygen atoms in total. The third-order valence-corrected chi connectivity index (χ3v) is 5.74. The van der Waals surface area contributed by atoms with Crippen LogP contribution >= 0.6 is 35.0 Å². The Kier molecular flexibility index (Phi) is 6.73. The number of benzene rings is 2. The van der Waals surface area contributed by atoms with Crippen LogP contribution in [0.25, 0.3) is 11.4 Å². The summed E-state index contributed by atoms with van der Waals surface area (Å²) in [6.07, 6.45) is 1.05. The molecule has 0 radical (unpaired) electrons. The summed E-state index contributed by atoms with van der Waals surface area (Å²) in [6, 6.07) is 8.64. The lowest BCUT2D eigenvalue weighted by atomic mass is 10.3. The molecule has 160 valence electrons. The van der Waals surface area contributed by atoms with Gasteiger partial charge >= 0.3 is 0 Å². The van der Waals surface area contributed by atoms with E-state index in [0.29, 0.717) is 46.0 Å². The van der Waals surface area contributed by atoms with Crippen molar-refractivity contribution in [2.24, 2.45) is 0 Å². The lowest BCUT2D eigenvalue weighted by molar-refractivity contribution is 0.603. The zero-order chi connectivity index (χ0) is 21.8. The molecule has 0 saturated carbocycles. The summed E-state index contributed by atoms with van der Waals surface area (Å²) in [4.78, 5) is 0. The molecule has 0 aliphatic rings. The van der Waals surface area contributed by atoms with Crippen molar-refractivity contribution < 1.29 is 8.78 Å². The maximum Gasteiger partial charge on any atom is 0.157 e. The Bertz CT molecular complexity index is 1110. The minimum Gasteiger partial charge on any atom is -0.205 e. The molecule has 2 aromatic carbocycles. The summed E-state index contributed by atoms with van der Waals surface area (Å²) in [5, 5.41) is 23.6. The van der Waals surface area contributed by atoms with Gasteiger partial charge in [-0.1, -0.05) is 23.2 Å². The Morgan fingerprint density at radius 1 is 0.742 bits per heavy atom. The Hall–Kier alpha value is -2.63. The van der Waals surface area contributed by atoms with E-state index in [-0.39, 0.29) is 11.4 Å². The summed E-state index contributed by atoms with van der Waals surface area (Å²) < 4.78 is 31.0. The van der Waals surface area contributed by atoms with Crippen molar-refractivity contribution in [1.82, 2.24) is 40.4 Å². The number of rotatable bonds is 8. The molecule has 0 spiro atoms. The largest absolute Gasteiger partial charge is 0.205 e. The molecule has 0 aliphatic heterocycles. The number of thioether (sulfide) groups is 1. The molecule has 2 heterocycles. The van der Waals surface area contributed by atoms with Gasteiger partial charge in [0.2, 0.25) is 0 Å². The van der Waals surface area contributed by atoms with Gasteiger partial charge < -0.3 is 0 Å². The first kappa shape index (κ1) is 21.6. The summed E-state index contributed by atoms with van der Waals surface area (Å²) in [6.45, 7) is 0. The van der Waals surface area contributed by atoms with Gasteiger partial charge in [-0.3, -0.25) is 0 Å². The highest BCUT2D eigenvalue weighted by Crippen LogP contribution is 2.20. The lowest BCUT2D eigenvalue weighted by Crippen LogP contribution is -2.08. The SMILES string of the molecule is Fc1cc(Cl)ccc1-n1nnnc1CCSCCc1nnnn1-c1ccc(Cl)cc1F. The molecule has 2 aromatic heterocycles. The normalized spacial score (nSPS) is 11.2. The summed E-state index contributed by atoms with van der Waals surface area (Å²) in [5.74, 6) is 1.42. The fourth-order valence-electron chi connectivity index (χ4n) is 2.83. The summed E-state index contributed by atoms with van der Waals surface area (Å²) >= 11 is 13.2. The van der Waals surface area contributed by atoms with E-state index in [4.69, 9.17) is 23.2 Å². The smallest absolute Gasteiger partial charge is 0.157 e. The van der Waals surface area contributed by atoms with E-state index in [1.54, 1.807) is 23.9 Å². The maximum absolute atomic E-state index is 14.2. The maximum atomic E-state index is 14.2. The molecule has 31 heavy (non-hydrogen) atoms. The van der Waals surface area contributed by atoms with Crippen molar-refractivity contribution >= 4 is 35.0 Å². The number of tetrazole rings is 2. The molecule has 0 amide bonds. The van der Waals surface area contributed by atoms with Crippen LogP contribution in [0.2, 0.25) is 10.0 Å². The average molecular weight is 483 g/mol. The van der Waals surface area contributed by atoms with Crippen molar-refractivity contribution in [3.63, 3.8) is 0 Å². The number of aryl methyl sites for hydroxylation is 2. The van der Waals surface area contributed by atoms with Crippen LogP contribution in [0, 0.1) is 11.6 Å². The van der Waals surface area contributed by atoms with Gasteiger partial charge in [0.25, 0.3) is 0 Å². The molecule has 13 heteroatoms.